The summed E-state index contributed by atoms with van der Waals surface area (Å²) in [4.78, 5) is 6.28. The number of rotatable bonds is 2. The van der Waals surface area contributed by atoms with E-state index in [9.17, 15) is 4.39 Å². The van der Waals surface area contributed by atoms with Crippen molar-refractivity contribution in [1.82, 2.24) is 14.5 Å². The van der Waals surface area contributed by atoms with E-state index in [-0.39, 0.29) is 5.83 Å². The summed E-state index contributed by atoms with van der Waals surface area (Å²) in [5.41, 5.74) is 0. The van der Waals surface area contributed by atoms with E-state index in [1.165, 1.54) is 0 Å². The molecule has 4 heteroatoms. The first kappa shape index (κ1) is 9.40. The lowest BCUT2D eigenvalue weighted by molar-refractivity contribution is 0.251. The Morgan fingerprint density at radius 1 is 1.57 bits per heavy atom. The Labute approximate surface area is 82.9 Å². The molecule has 0 aliphatic carbocycles. The summed E-state index contributed by atoms with van der Waals surface area (Å²) < 4.78 is 14.9. The molecule has 0 bridgehead atoms. The van der Waals surface area contributed by atoms with Gasteiger partial charge in [-0.05, 0) is 6.42 Å². The molecule has 1 aromatic rings. The van der Waals surface area contributed by atoms with Gasteiger partial charge in [-0.15, -0.1) is 0 Å². The fourth-order valence-corrected chi connectivity index (χ4v) is 1.64. The van der Waals surface area contributed by atoms with Gasteiger partial charge in [0.2, 0.25) is 0 Å². The molecule has 0 aromatic carbocycles. The zero-order valence-electron chi connectivity index (χ0n) is 8.28. The molecule has 3 nitrogen and oxygen atoms in total. The summed E-state index contributed by atoms with van der Waals surface area (Å²) in [6.45, 7) is 2.07. The second-order valence-electron chi connectivity index (χ2n) is 3.60. The molecule has 1 aromatic heterocycles. The van der Waals surface area contributed by atoms with Crippen LogP contribution in [-0.4, -0.2) is 27.5 Å². The zero-order chi connectivity index (χ0) is 9.97. The van der Waals surface area contributed by atoms with Crippen LogP contribution in [0.5, 0.6) is 0 Å². The highest BCUT2D eigenvalue weighted by Crippen LogP contribution is 2.12. The molecule has 0 saturated carbocycles. The van der Waals surface area contributed by atoms with Crippen LogP contribution in [0.1, 0.15) is 12.2 Å². The maximum Gasteiger partial charge on any atom is 0.122 e. The van der Waals surface area contributed by atoms with Crippen molar-refractivity contribution in [2.24, 2.45) is 7.05 Å². The number of hydrogen-bond donors (Lipinski definition) is 0. The number of aryl methyl sites for hydroxylation is 1. The van der Waals surface area contributed by atoms with Crippen LogP contribution in [0.2, 0.25) is 0 Å². The molecular formula is C10H14FN3. The number of nitrogens with zero attached hydrogens (tertiary/aromatic N) is 3. The van der Waals surface area contributed by atoms with Crippen LogP contribution in [0.4, 0.5) is 4.39 Å². The first-order valence-electron chi connectivity index (χ1n) is 4.79. The number of halogens is 1. The van der Waals surface area contributed by atoms with Gasteiger partial charge < -0.3 is 4.57 Å². The van der Waals surface area contributed by atoms with Crippen LogP contribution in [-0.2, 0) is 13.6 Å². The molecule has 2 rings (SSSR count). The van der Waals surface area contributed by atoms with Crippen molar-refractivity contribution < 1.29 is 4.39 Å². The Morgan fingerprint density at radius 3 is 3.07 bits per heavy atom. The zero-order valence-corrected chi connectivity index (χ0v) is 8.28. The minimum atomic E-state index is -0.0227. The summed E-state index contributed by atoms with van der Waals surface area (Å²) in [5, 5.41) is 0. The Balaban J connectivity index is 1.99. The van der Waals surface area contributed by atoms with Gasteiger partial charge in [0.1, 0.15) is 11.7 Å². The first-order valence-corrected chi connectivity index (χ1v) is 4.79. The number of imidazole rings is 1. The third-order valence-electron chi connectivity index (χ3n) is 2.47. The molecule has 0 amide bonds. The minimum Gasteiger partial charge on any atom is -0.337 e. The standard InChI is InChI=1S/C10H14FN3/c1-13-6-4-12-10(13)8-14-5-2-3-9(11)7-14/h3-4,6H,2,5,7-8H2,1H3. The van der Waals surface area contributed by atoms with Gasteiger partial charge in [-0.3, -0.25) is 4.90 Å². The van der Waals surface area contributed by atoms with Gasteiger partial charge in [0.05, 0.1) is 13.1 Å². The summed E-state index contributed by atoms with van der Waals surface area (Å²) in [7, 11) is 1.96. The topological polar surface area (TPSA) is 21.1 Å². The number of aromatic nitrogens is 2. The largest absolute Gasteiger partial charge is 0.337 e. The third-order valence-corrected chi connectivity index (χ3v) is 2.47. The van der Waals surface area contributed by atoms with E-state index in [1.54, 1.807) is 12.3 Å². The first-order chi connectivity index (χ1) is 6.75. The van der Waals surface area contributed by atoms with E-state index in [1.807, 2.05) is 17.8 Å². The van der Waals surface area contributed by atoms with Gasteiger partial charge in [0.15, 0.2) is 0 Å². The summed E-state index contributed by atoms with van der Waals surface area (Å²) in [5.74, 6) is 0.963. The summed E-state index contributed by atoms with van der Waals surface area (Å²) in [6, 6.07) is 0. The van der Waals surface area contributed by atoms with Crippen LogP contribution < -0.4 is 0 Å². The van der Waals surface area contributed by atoms with Crippen molar-refractivity contribution in [1.29, 1.82) is 0 Å². The lowest BCUT2D eigenvalue weighted by Crippen LogP contribution is -2.29. The van der Waals surface area contributed by atoms with Crippen molar-refractivity contribution in [3.8, 4) is 0 Å². The fourth-order valence-electron chi connectivity index (χ4n) is 1.64. The Bertz CT molecular complexity index is 343. The van der Waals surface area contributed by atoms with Crippen LogP contribution in [0.3, 0.4) is 0 Å². The highest BCUT2D eigenvalue weighted by atomic mass is 19.1. The van der Waals surface area contributed by atoms with E-state index < -0.39 is 0 Å². The quantitative estimate of drug-likeness (QED) is 0.712. The summed E-state index contributed by atoms with van der Waals surface area (Å²) in [6.07, 6.45) is 6.14. The molecule has 0 N–H and O–H groups in total. The van der Waals surface area contributed by atoms with Crippen molar-refractivity contribution in [3.63, 3.8) is 0 Å². The highest BCUT2D eigenvalue weighted by molar-refractivity contribution is 5.01. The third kappa shape index (κ3) is 2.01. The van der Waals surface area contributed by atoms with E-state index in [0.29, 0.717) is 6.54 Å². The second-order valence-corrected chi connectivity index (χ2v) is 3.60. The lowest BCUT2D eigenvalue weighted by atomic mass is 10.2. The summed E-state index contributed by atoms with van der Waals surface area (Å²) >= 11 is 0. The van der Waals surface area contributed by atoms with Gasteiger partial charge >= 0.3 is 0 Å². The molecule has 2 heterocycles. The molecule has 76 valence electrons. The minimum absolute atomic E-state index is 0.0227. The Morgan fingerprint density at radius 2 is 2.43 bits per heavy atom. The Kier molecular flexibility index (Phi) is 2.63. The van der Waals surface area contributed by atoms with E-state index in [4.69, 9.17) is 0 Å². The van der Waals surface area contributed by atoms with Crippen molar-refractivity contribution in [3.05, 3.63) is 30.1 Å². The van der Waals surface area contributed by atoms with Gasteiger partial charge in [-0.1, -0.05) is 6.08 Å². The average Bonchev–Trinajstić information content (AvgIpc) is 2.52. The van der Waals surface area contributed by atoms with Crippen LogP contribution in [0.25, 0.3) is 0 Å². The monoisotopic (exact) mass is 195 g/mol. The van der Waals surface area contributed by atoms with Crippen molar-refractivity contribution >= 4 is 0 Å². The molecule has 0 fully saturated rings. The van der Waals surface area contributed by atoms with Gasteiger partial charge in [-0.2, -0.15) is 0 Å². The van der Waals surface area contributed by atoms with Crippen LogP contribution in [0.15, 0.2) is 24.3 Å². The molecule has 0 unspecified atom stereocenters. The van der Waals surface area contributed by atoms with Crippen molar-refractivity contribution in [2.75, 3.05) is 13.1 Å². The van der Waals surface area contributed by atoms with Gasteiger partial charge in [0.25, 0.3) is 0 Å². The molecule has 0 saturated heterocycles. The molecule has 1 aliphatic rings. The predicted octanol–water partition coefficient (Wildman–Crippen LogP) is 1.48. The fraction of sp³-hybridized carbons (Fsp3) is 0.500. The highest BCUT2D eigenvalue weighted by Gasteiger charge is 2.13. The molecule has 1 aliphatic heterocycles. The lowest BCUT2D eigenvalue weighted by Gasteiger charge is -2.23. The maximum absolute atomic E-state index is 13.0. The van der Waals surface area contributed by atoms with Crippen LogP contribution in [0, 0.1) is 0 Å². The molecular weight excluding hydrogens is 181 g/mol. The molecule has 14 heavy (non-hydrogen) atoms. The van der Waals surface area contributed by atoms with E-state index >= 15 is 0 Å². The Hall–Kier alpha value is -1.16. The molecule has 0 atom stereocenters. The predicted molar refractivity (Wildman–Crippen MR) is 52.3 cm³/mol. The average molecular weight is 195 g/mol. The molecule has 0 radical (unpaired) electrons. The van der Waals surface area contributed by atoms with Gasteiger partial charge in [-0.25, -0.2) is 9.37 Å². The van der Waals surface area contributed by atoms with Gasteiger partial charge in [0, 0.05) is 26.0 Å². The normalized spacial score (nSPS) is 18.3. The van der Waals surface area contributed by atoms with Crippen LogP contribution >= 0.6 is 0 Å². The maximum atomic E-state index is 13.0. The number of hydrogen-bond acceptors (Lipinski definition) is 2. The molecule has 0 spiro atoms. The van der Waals surface area contributed by atoms with E-state index in [2.05, 4.69) is 9.88 Å². The van der Waals surface area contributed by atoms with E-state index in [0.717, 1.165) is 25.3 Å². The van der Waals surface area contributed by atoms with Crippen molar-refractivity contribution in [2.45, 2.75) is 13.0 Å². The SMILES string of the molecule is Cn1ccnc1CN1CCC=C(F)C1. The smallest absolute Gasteiger partial charge is 0.122 e. The second kappa shape index (κ2) is 3.92.